The highest BCUT2D eigenvalue weighted by molar-refractivity contribution is 5.86. The maximum absolute atomic E-state index is 12.0. The fraction of sp³-hybridized carbons (Fsp3) is 0.689. The van der Waals surface area contributed by atoms with E-state index in [4.69, 9.17) is 18.9 Å². The summed E-state index contributed by atoms with van der Waals surface area (Å²) in [6.45, 7) is 43.6. The van der Waals surface area contributed by atoms with Gasteiger partial charge in [0.05, 0.1) is 23.7 Å². The average molecular weight is 1520 g/mol. The van der Waals surface area contributed by atoms with E-state index in [0.717, 1.165) is 123 Å². The lowest BCUT2D eigenvalue weighted by atomic mass is 9.54. The van der Waals surface area contributed by atoms with Gasteiger partial charge in [0.15, 0.2) is 0 Å². The maximum Gasteiger partial charge on any atom is 0.309 e. The monoisotopic (exact) mass is 1520 g/mol. The molecule has 111 heavy (non-hydrogen) atoms. The number of benzene rings is 5. The van der Waals surface area contributed by atoms with E-state index in [9.17, 15) is 19.2 Å². The van der Waals surface area contributed by atoms with Crippen LogP contribution in [0, 0.1) is 99.6 Å². The highest BCUT2D eigenvalue weighted by atomic mass is 16.6. The zero-order chi connectivity index (χ0) is 80.5. The van der Waals surface area contributed by atoms with Gasteiger partial charge in [-0.05, 0) is 293 Å². The largest absolute Gasteiger partial charge is 0.462 e. The highest BCUT2D eigenvalue weighted by Gasteiger charge is 2.63. The first-order chi connectivity index (χ1) is 53.0. The molecule has 0 radical (unpaired) electrons. The lowest BCUT2D eigenvalue weighted by Crippen LogP contribution is -2.53. The SMILES string of the molecule is CC1Cc2ccccc2C1C.CCC(C)(C)c1ccccc1.CCC(C)C(=O)OC12CC3CC(CC(C3)C1)C2.CCC(C)C(=O)OC1CC2CC1C1CCCC21.CCC(C)C(=O)OC1CC2CCC1(C)C2(C)C.CCC(C)C(=O)OC1CC2CCC1C2.CCC(C)c1cccc2ccccc12.CCC(C)c1ccccc1. The Bertz CT molecular complexity index is 3640. The summed E-state index contributed by atoms with van der Waals surface area (Å²) in [5, 5.41) is 2.76. The summed E-state index contributed by atoms with van der Waals surface area (Å²) in [5.41, 5.74) is 8.30. The van der Waals surface area contributed by atoms with Gasteiger partial charge < -0.3 is 18.9 Å². The average Bonchev–Trinajstić information content (AvgIpc) is 1.57. The predicted octanol–water partition coefficient (Wildman–Crippen LogP) is 27.4. The molecule has 11 fully saturated rings. The zero-order valence-electron chi connectivity index (χ0n) is 73.4. The Morgan fingerprint density at radius 1 is 0.468 bits per heavy atom. The summed E-state index contributed by atoms with van der Waals surface area (Å²) in [6.07, 6.45) is 32.2. The van der Waals surface area contributed by atoms with E-state index in [2.05, 4.69) is 224 Å². The number of esters is 4. The van der Waals surface area contributed by atoms with Gasteiger partial charge >= 0.3 is 23.9 Å². The Labute approximate surface area is 676 Å². The van der Waals surface area contributed by atoms with Gasteiger partial charge in [-0.25, -0.2) is 0 Å². The Kier molecular flexibility index (Phi) is 32.7. The summed E-state index contributed by atoms with van der Waals surface area (Å²) in [4.78, 5) is 47.4. The number of hydrogen-bond donors (Lipinski definition) is 0. The molecular formula is C103H154O8. The summed E-state index contributed by atoms with van der Waals surface area (Å²) in [6, 6.07) is 45.3. The molecule has 12 aliphatic carbocycles. The van der Waals surface area contributed by atoms with Gasteiger partial charge in [0.1, 0.15) is 23.9 Å². The van der Waals surface area contributed by atoms with Crippen molar-refractivity contribution in [3.63, 3.8) is 0 Å². The number of rotatable bonds is 18. The summed E-state index contributed by atoms with van der Waals surface area (Å²) in [7, 11) is 0. The van der Waals surface area contributed by atoms with E-state index in [-0.39, 0.29) is 76.9 Å². The van der Waals surface area contributed by atoms with Crippen LogP contribution in [0.5, 0.6) is 0 Å². The van der Waals surface area contributed by atoms with Gasteiger partial charge in [-0.3, -0.25) is 19.2 Å². The van der Waals surface area contributed by atoms with E-state index in [1.54, 1.807) is 11.1 Å². The van der Waals surface area contributed by atoms with Crippen LogP contribution in [0.2, 0.25) is 0 Å². The van der Waals surface area contributed by atoms with Crippen LogP contribution in [0.1, 0.15) is 345 Å². The first-order valence-electron chi connectivity index (χ1n) is 45.5. The third kappa shape index (κ3) is 22.3. The van der Waals surface area contributed by atoms with Gasteiger partial charge in [-0.1, -0.05) is 272 Å². The zero-order valence-corrected chi connectivity index (χ0v) is 73.4. The minimum Gasteiger partial charge on any atom is -0.462 e. The number of carbonyl (C=O) groups is 4. The first-order valence-corrected chi connectivity index (χ1v) is 45.5. The molecule has 11 saturated carbocycles. The van der Waals surface area contributed by atoms with E-state index in [0.29, 0.717) is 34.5 Å². The molecule has 19 atom stereocenters. The highest BCUT2D eigenvalue weighted by Crippen LogP contribution is 2.66. The number of ether oxygens (including phenoxy) is 4. The number of fused-ring (bicyclic) bond motifs is 11. The van der Waals surface area contributed by atoms with E-state index < -0.39 is 0 Å². The molecule has 5 aromatic carbocycles. The Morgan fingerprint density at radius 3 is 1.53 bits per heavy atom. The molecule has 10 bridgehead atoms. The molecule has 0 aliphatic heterocycles. The Balaban J connectivity index is 0.000000147. The Hall–Kier alpha value is -5.76. The van der Waals surface area contributed by atoms with Crippen molar-refractivity contribution in [3.8, 4) is 0 Å². The summed E-state index contributed by atoms with van der Waals surface area (Å²) < 4.78 is 23.1. The molecule has 0 N–H and O–H groups in total. The van der Waals surface area contributed by atoms with Crippen LogP contribution in [-0.2, 0) is 50.0 Å². The van der Waals surface area contributed by atoms with Crippen molar-refractivity contribution in [1.82, 2.24) is 0 Å². The molecule has 8 heteroatoms. The van der Waals surface area contributed by atoms with Gasteiger partial charge in [-0.15, -0.1) is 0 Å². The lowest BCUT2D eigenvalue weighted by Gasteiger charge is -2.55. The minimum absolute atomic E-state index is 0.00192. The third-order valence-corrected chi connectivity index (χ3v) is 31.2. The number of carbonyl (C=O) groups excluding carboxylic acids is 4. The van der Waals surface area contributed by atoms with Crippen LogP contribution in [0.25, 0.3) is 10.8 Å². The molecule has 614 valence electrons. The lowest BCUT2D eigenvalue weighted by molar-refractivity contribution is -0.190. The van der Waals surface area contributed by atoms with Crippen molar-refractivity contribution < 1.29 is 38.1 Å². The standard InChI is InChI=1S/2C15H24O2.C15H26O2.C14H16.C12H20O2.C11H14.C11H16.C10H14/c1-3-10(2)14(16)17-15-7-11-4-12(8-15)6-13(5-11)9-15;1-3-9(2)15(16)17-14-8-10-7-13(14)12-6-4-5-11(10)12;1-6-10(2)13(16)17-12-9-11-7-8-15(12,5)14(11,3)4;1-3-11(2)13-10-6-8-12-7-4-5-9-14(12)13;1-3-8(2)12(13)14-11-7-9-4-5-10(11)6-9;1-8-7-10-5-3-4-6-11(10)9(8)2;1-4-11(2,3)10-8-6-5-7-9-10;1-3-9(2)10-7-5-4-6-8-10/h10-13H,3-9H2,1-2H3;9-14H,3-8H2,1-2H3;10-12H,6-9H2,1-5H3;4-11H,3H2,1-2H3;8-11H,3-7H2,1-2H3;3-6,8-9H,7H2,1-2H3;5-9H,4H2,1-3H3;4-9H,3H2,1-2H3. The van der Waals surface area contributed by atoms with Gasteiger partial charge in [-0.2, -0.15) is 0 Å². The van der Waals surface area contributed by atoms with Crippen LogP contribution in [0.15, 0.2) is 127 Å². The maximum atomic E-state index is 12.0. The molecule has 0 heterocycles. The molecule has 17 rings (SSSR count). The van der Waals surface area contributed by atoms with Crippen molar-refractivity contribution in [1.29, 1.82) is 0 Å². The van der Waals surface area contributed by atoms with Crippen molar-refractivity contribution in [2.45, 2.75) is 352 Å². The van der Waals surface area contributed by atoms with Crippen LogP contribution < -0.4 is 0 Å². The van der Waals surface area contributed by atoms with Crippen molar-refractivity contribution in [2.24, 2.45) is 99.6 Å². The first kappa shape index (κ1) is 89.2. The molecule has 0 saturated heterocycles. The van der Waals surface area contributed by atoms with Crippen LogP contribution >= 0.6 is 0 Å². The number of hydrogen-bond acceptors (Lipinski definition) is 8. The van der Waals surface area contributed by atoms with Crippen molar-refractivity contribution in [3.05, 3.63) is 155 Å². The van der Waals surface area contributed by atoms with Crippen LogP contribution in [-0.4, -0.2) is 47.8 Å². The molecule has 0 spiro atoms. The Morgan fingerprint density at radius 2 is 1.00 bits per heavy atom. The molecule has 0 aromatic heterocycles. The van der Waals surface area contributed by atoms with Gasteiger partial charge in [0.25, 0.3) is 0 Å². The van der Waals surface area contributed by atoms with E-state index in [1.165, 1.54) is 130 Å². The topological polar surface area (TPSA) is 105 Å². The smallest absolute Gasteiger partial charge is 0.309 e. The fourth-order valence-electron chi connectivity index (χ4n) is 21.7. The van der Waals surface area contributed by atoms with E-state index in [1.807, 2.05) is 41.5 Å². The summed E-state index contributed by atoms with van der Waals surface area (Å²) in [5.74, 6) is 11.7. The second kappa shape index (κ2) is 40.7. The predicted molar refractivity (Wildman–Crippen MR) is 461 cm³/mol. The van der Waals surface area contributed by atoms with Gasteiger partial charge in [0, 0.05) is 5.41 Å². The van der Waals surface area contributed by atoms with Gasteiger partial charge in [0.2, 0.25) is 0 Å². The minimum atomic E-state index is -0.0464. The second-order valence-corrected chi connectivity index (χ2v) is 38.9. The van der Waals surface area contributed by atoms with Crippen LogP contribution in [0.4, 0.5) is 0 Å². The molecule has 5 aromatic rings. The molecule has 19 unspecified atom stereocenters. The molecule has 0 amide bonds. The molecular weight excluding hydrogens is 1370 g/mol. The fourth-order valence-corrected chi connectivity index (χ4v) is 21.7. The van der Waals surface area contributed by atoms with Crippen LogP contribution in [0.3, 0.4) is 0 Å². The molecule has 12 aliphatic rings. The van der Waals surface area contributed by atoms with Crippen molar-refractivity contribution in [2.75, 3.05) is 0 Å². The third-order valence-electron chi connectivity index (χ3n) is 31.2. The molecule has 8 nitrogen and oxygen atoms in total. The quantitative estimate of drug-likeness (QED) is 0.0631. The van der Waals surface area contributed by atoms with Crippen molar-refractivity contribution >= 4 is 34.6 Å². The second-order valence-electron chi connectivity index (χ2n) is 38.9. The van der Waals surface area contributed by atoms with E-state index >= 15 is 0 Å². The normalized spacial score (nSPS) is 31.3. The summed E-state index contributed by atoms with van der Waals surface area (Å²) >= 11 is 0.